The molecule has 0 bridgehead atoms. The number of aromatic amines is 1. The number of H-pyrrole nitrogens is 1. The molecule has 1 unspecified atom stereocenters. The largest absolute Gasteiger partial charge is 0.359 e. The number of hydrogen-bond acceptors (Lipinski definition) is 8. The molecule has 2 aromatic carbocycles. The number of nitrogens with one attached hydrogen (secondary N) is 2. The van der Waals surface area contributed by atoms with Gasteiger partial charge in [0.1, 0.15) is 28.2 Å². The lowest BCUT2D eigenvalue weighted by Gasteiger charge is -2.22. The van der Waals surface area contributed by atoms with Crippen molar-refractivity contribution in [2.24, 2.45) is 0 Å². The monoisotopic (exact) mass is 489 g/mol. The van der Waals surface area contributed by atoms with Crippen LogP contribution in [0.1, 0.15) is 25.2 Å². The molecule has 5 rings (SSSR count). The summed E-state index contributed by atoms with van der Waals surface area (Å²) in [4.78, 5) is 46.4. The number of aromatic nitrogens is 6. The second-order valence-electron chi connectivity index (χ2n) is 7.68. The van der Waals surface area contributed by atoms with Crippen molar-refractivity contribution in [2.45, 2.75) is 24.5 Å². The Bertz CT molecular complexity index is 1670. The third-order valence-electron chi connectivity index (χ3n) is 5.59. The molecule has 0 spiro atoms. The first-order valence-electron chi connectivity index (χ1n) is 10.8. The van der Waals surface area contributed by atoms with E-state index in [1.807, 2.05) is 19.2 Å². The Hall–Kier alpha value is -4.12. The van der Waals surface area contributed by atoms with Gasteiger partial charge in [0.2, 0.25) is 0 Å². The van der Waals surface area contributed by atoms with Gasteiger partial charge in [-0.25, -0.2) is 19.3 Å². The quantitative estimate of drug-likeness (QED) is 0.273. The van der Waals surface area contributed by atoms with Crippen LogP contribution in [0.15, 0.2) is 69.6 Å². The van der Waals surface area contributed by atoms with Gasteiger partial charge >= 0.3 is 0 Å². The minimum Gasteiger partial charge on any atom is -0.359 e. The number of halogens is 1. The van der Waals surface area contributed by atoms with Crippen LogP contribution in [0.25, 0.3) is 27.6 Å². The molecule has 0 radical (unpaired) electrons. The van der Waals surface area contributed by atoms with Crippen molar-refractivity contribution in [3.8, 4) is 5.69 Å². The van der Waals surface area contributed by atoms with E-state index < -0.39 is 23.0 Å². The molecule has 5 aromatic rings. The van der Waals surface area contributed by atoms with E-state index in [2.05, 4.69) is 25.3 Å². The standard InChI is InChI=1S/C24H20FN7O2S/c1-3-15(28-20-18-19(26-12-27-22(18)33)30-24(31-20)35-2)21-29-16-11-7-10-14(25)17(16)23(34)32(21)13-8-5-4-6-9-13/h4-12,15H,3H2,1-2H3,(H2,26,27,28,30,31,33). The van der Waals surface area contributed by atoms with Crippen LogP contribution in [0.4, 0.5) is 10.2 Å². The molecule has 1 atom stereocenters. The molecule has 3 heterocycles. The van der Waals surface area contributed by atoms with Gasteiger partial charge in [0.25, 0.3) is 11.1 Å². The van der Waals surface area contributed by atoms with Crippen LogP contribution in [0.5, 0.6) is 0 Å². The molecule has 0 saturated carbocycles. The fourth-order valence-corrected chi connectivity index (χ4v) is 4.31. The molecule has 0 aliphatic carbocycles. The van der Waals surface area contributed by atoms with E-state index in [0.717, 1.165) is 0 Å². The molecular weight excluding hydrogens is 469 g/mol. The minimum absolute atomic E-state index is 0.0900. The third-order valence-corrected chi connectivity index (χ3v) is 6.13. The first-order valence-corrected chi connectivity index (χ1v) is 12.1. The number of fused-ring (bicyclic) bond motifs is 2. The molecule has 0 aliphatic heterocycles. The lowest BCUT2D eigenvalue weighted by atomic mass is 10.1. The highest BCUT2D eigenvalue weighted by Gasteiger charge is 2.23. The maximum absolute atomic E-state index is 14.7. The number of thioether (sulfide) groups is 1. The topological polar surface area (TPSA) is 118 Å². The van der Waals surface area contributed by atoms with Gasteiger partial charge < -0.3 is 10.3 Å². The van der Waals surface area contributed by atoms with Crippen LogP contribution in [-0.4, -0.2) is 35.7 Å². The summed E-state index contributed by atoms with van der Waals surface area (Å²) in [6, 6.07) is 12.7. The molecular formula is C24H20FN7O2S. The first kappa shape index (κ1) is 22.7. The van der Waals surface area contributed by atoms with E-state index in [1.165, 1.54) is 34.8 Å². The first-order chi connectivity index (χ1) is 17.0. The Balaban J connectivity index is 1.76. The highest BCUT2D eigenvalue weighted by Crippen LogP contribution is 2.27. The summed E-state index contributed by atoms with van der Waals surface area (Å²) in [6.07, 6.45) is 3.60. The second-order valence-corrected chi connectivity index (χ2v) is 8.45. The molecule has 9 nitrogen and oxygen atoms in total. The van der Waals surface area contributed by atoms with Crippen LogP contribution in [0, 0.1) is 5.82 Å². The van der Waals surface area contributed by atoms with E-state index in [4.69, 9.17) is 4.98 Å². The van der Waals surface area contributed by atoms with Crippen molar-refractivity contribution in [1.29, 1.82) is 0 Å². The predicted molar refractivity (Wildman–Crippen MR) is 134 cm³/mol. The van der Waals surface area contributed by atoms with Crippen LogP contribution < -0.4 is 16.4 Å². The van der Waals surface area contributed by atoms with Crippen molar-refractivity contribution in [2.75, 3.05) is 11.6 Å². The lowest BCUT2D eigenvalue weighted by molar-refractivity contribution is 0.630. The van der Waals surface area contributed by atoms with Crippen molar-refractivity contribution >= 4 is 39.5 Å². The van der Waals surface area contributed by atoms with Gasteiger partial charge in [-0.3, -0.25) is 14.2 Å². The van der Waals surface area contributed by atoms with Crippen molar-refractivity contribution in [3.63, 3.8) is 0 Å². The Morgan fingerprint density at radius 1 is 1.06 bits per heavy atom. The SMILES string of the molecule is CCC(Nc1nc(SC)nc2[nH]cnc(=O)c12)c1nc2cccc(F)c2c(=O)n1-c1ccccc1. The maximum Gasteiger partial charge on any atom is 0.285 e. The van der Waals surface area contributed by atoms with Gasteiger partial charge in [-0.05, 0) is 36.9 Å². The molecule has 11 heteroatoms. The summed E-state index contributed by atoms with van der Waals surface area (Å²) >= 11 is 1.32. The summed E-state index contributed by atoms with van der Waals surface area (Å²) in [7, 11) is 0. The average Bonchev–Trinajstić information content (AvgIpc) is 2.87. The molecule has 0 aliphatic rings. The van der Waals surface area contributed by atoms with Gasteiger partial charge in [-0.2, -0.15) is 4.98 Å². The molecule has 2 N–H and O–H groups in total. The third kappa shape index (κ3) is 4.03. The lowest BCUT2D eigenvalue weighted by Crippen LogP contribution is -2.29. The van der Waals surface area contributed by atoms with Gasteiger partial charge in [-0.1, -0.05) is 43.0 Å². The van der Waals surface area contributed by atoms with Crippen LogP contribution in [-0.2, 0) is 0 Å². The Morgan fingerprint density at radius 2 is 1.86 bits per heavy atom. The smallest absolute Gasteiger partial charge is 0.285 e. The molecule has 176 valence electrons. The normalized spacial score (nSPS) is 12.2. The number of nitrogens with zero attached hydrogens (tertiary/aromatic N) is 5. The van der Waals surface area contributed by atoms with Crippen LogP contribution in [0.3, 0.4) is 0 Å². The van der Waals surface area contributed by atoms with E-state index in [-0.39, 0.29) is 22.1 Å². The van der Waals surface area contributed by atoms with Gasteiger partial charge in [0, 0.05) is 0 Å². The van der Waals surface area contributed by atoms with Gasteiger partial charge in [-0.15, -0.1) is 0 Å². The van der Waals surface area contributed by atoms with Crippen molar-refractivity contribution in [3.05, 3.63) is 87.2 Å². The summed E-state index contributed by atoms with van der Waals surface area (Å²) < 4.78 is 16.1. The minimum atomic E-state index is -0.638. The highest BCUT2D eigenvalue weighted by molar-refractivity contribution is 7.98. The fourth-order valence-electron chi connectivity index (χ4n) is 3.94. The highest BCUT2D eigenvalue weighted by atomic mass is 32.2. The second kappa shape index (κ2) is 9.26. The van der Waals surface area contributed by atoms with Gasteiger partial charge in [0.05, 0.1) is 23.6 Å². The van der Waals surface area contributed by atoms with Gasteiger partial charge in [0.15, 0.2) is 10.8 Å². The Kier molecular flexibility index (Phi) is 6.00. The summed E-state index contributed by atoms with van der Waals surface area (Å²) in [5.74, 6) is -0.00501. The Morgan fingerprint density at radius 3 is 2.60 bits per heavy atom. The fraction of sp³-hybridized carbons (Fsp3) is 0.167. The number of anilines is 1. The number of rotatable bonds is 6. The molecule has 0 fully saturated rings. The zero-order chi connectivity index (χ0) is 24.5. The summed E-state index contributed by atoms with van der Waals surface area (Å²) in [5, 5.41) is 3.84. The van der Waals surface area contributed by atoms with E-state index in [9.17, 15) is 14.0 Å². The molecule has 3 aromatic heterocycles. The van der Waals surface area contributed by atoms with Crippen LogP contribution in [0.2, 0.25) is 0 Å². The Labute approximate surface area is 202 Å². The van der Waals surface area contributed by atoms with Crippen molar-refractivity contribution in [1.82, 2.24) is 29.5 Å². The maximum atomic E-state index is 14.7. The molecule has 0 amide bonds. The predicted octanol–water partition coefficient (Wildman–Crippen LogP) is 3.84. The van der Waals surface area contributed by atoms with Crippen LogP contribution >= 0.6 is 11.8 Å². The van der Waals surface area contributed by atoms with E-state index in [1.54, 1.807) is 30.3 Å². The summed E-state index contributed by atoms with van der Waals surface area (Å²) in [5.41, 5.74) is 0.122. The zero-order valence-electron chi connectivity index (χ0n) is 18.8. The molecule has 0 saturated heterocycles. The number of para-hydroxylation sites is 1. The number of benzene rings is 2. The zero-order valence-corrected chi connectivity index (χ0v) is 19.6. The van der Waals surface area contributed by atoms with E-state index in [0.29, 0.717) is 28.7 Å². The molecule has 35 heavy (non-hydrogen) atoms. The summed E-state index contributed by atoms with van der Waals surface area (Å²) in [6.45, 7) is 1.91. The number of hydrogen-bond donors (Lipinski definition) is 2. The van der Waals surface area contributed by atoms with E-state index >= 15 is 0 Å². The average molecular weight is 490 g/mol. The van der Waals surface area contributed by atoms with Crippen molar-refractivity contribution < 1.29 is 4.39 Å².